The minimum Gasteiger partial charge on any atom is -0.507 e. The predicted molar refractivity (Wildman–Crippen MR) is 51.6 cm³/mol. The number of aromatic hydroxyl groups is 1. The van der Waals surface area contributed by atoms with E-state index < -0.39 is 32.3 Å². The molecule has 0 atom stereocenters. The first-order chi connectivity index (χ1) is 6.32. The number of phenols is 1. The molecular formula is C8H10O6S. The molecule has 0 aliphatic rings. The van der Waals surface area contributed by atoms with Crippen LogP contribution < -0.4 is 0 Å². The normalized spacial score (nSPS) is 10.5. The summed E-state index contributed by atoms with van der Waals surface area (Å²) in [5, 5.41) is 17.5. The van der Waals surface area contributed by atoms with Crippen LogP contribution in [0, 0.1) is 0 Å². The maximum absolute atomic E-state index is 10.6. The lowest BCUT2D eigenvalue weighted by Gasteiger charge is -2.01. The van der Waals surface area contributed by atoms with E-state index in [1.54, 1.807) is 0 Å². The van der Waals surface area contributed by atoms with Crippen molar-refractivity contribution in [2.24, 2.45) is 0 Å². The second-order valence-electron chi connectivity index (χ2n) is 2.46. The molecule has 0 saturated carbocycles. The summed E-state index contributed by atoms with van der Waals surface area (Å²) in [7, 11) is -4.45. The number of carbonyl (C=O) groups is 1. The van der Waals surface area contributed by atoms with Crippen molar-refractivity contribution >= 4 is 16.1 Å². The topological polar surface area (TPSA) is 112 Å². The highest BCUT2D eigenvalue weighted by atomic mass is 32.2. The first-order valence-corrected chi connectivity index (χ1v) is 4.80. The van der Waals surface area contributed by atoms with Crippen LogP contribution in [0.25, 0.3) is 0 Å². The van der Waals surface area contributed by atoms with Gasteiger partial charge in [0.25, 0.3) is 10.1 Å². The van der Waals surface area contributed by atoms with E-state index in [-0.39, 0.29) is 7.43 Å². The molecule has 0 bridgehead atoms. The first-order valence-electron chi connectivity index (χ1n) is 3.36. The van der Waals surface area contributed by atoms with Crippen LogP contribution >= 0.6 is 0 Å². The molecule has 0 heterocycles. The molecule has 0 radical (unpaired) electrons. The van der Waals surface area contributed by atoms with Gasteiger partial charge in [-0.1, -0.05) is 7.43 Å². The van der Waals surface area contributed by atoms with Crippen molar-refractivity contribution < 1.29 is 28.0 Å². The minimum absolute atomic E-state index is 0. The Balaban J connectivity index is 0.00000196. The Labute approximate surface area is 86.5 Å². The van der Waals surface area contributed by atoms with Crippen LogP contribution in [0.3, 0.4) is 0 Å². The summed E-state index contributed by atoms with van der Waals surface area (Å²) in [5.41, 5.74) is -0.583. The lowest BCUT2D eigenvalue weighted by molar-refractivity contribution is 0.0693. The fourth-order valence-electron chi connectivity index (χ4n) is 0.847. The van der Waals surface area contributed by atoms with E-state index in [0.29, 0.717) is 6.07 Å². The summed E-state index contributed by atoms with van der Waals surface area (Å²) in [6.07, 6.45) is 0. The Hall–Kier alpha value is -1.60. The molecule has 1 aromatic carbocycles. The fourth-order valence-corrected chi connectivity index (χ4v) is 1.35. The molecule has 84 valence electrons. The molecule has 6 nitrogen and oxygen atoms in total. The average Bonchev–Trinajstić information content (AvgIpc) is 2.02. The Morgan fingerprint density at radius 3 is 2.20 bits per heavy atom. The van der Waals surface area contributed by atoms with E-state index in [9.17, 15) is 13.2 Å². The third-order valence-corrected chi connectivity index (χ3v) is 2.35. The summed E-state index contributed by atoms with van der Waals surface area (Å²) in [4.78, 5) is 9.89. The van der Waals surface area contributed by atoms with Gasteiger partial charge >= 0.3 is 5.97 Å². The molecule has 15 heavy (non-hydrogen) atoms. The SMILES string of the molecule is C.O=C(O)c1cc(S(=O)(=O)O)ccc1O. The molecule has 0 spiro atoms. The molecule has 0 aromatic heterocycles. The summed E-state index contributed by atoms with van der Waals surface area (Å²) < 4.78 is 29.8. The Bertz CT molecular complexity index is 476. The van der Waals surface area contributed by atoms with Gasteiger partial charge in [-0.3, -0.25) is 4.55 Å². The van der Waals surface area contributed by atoms with Gasteiger partial charge in [-0.15, -0.1) is 0 Å². The average molecular weight is 234 g/mol. The molecule has 3 N–H and O–H groups in total. The predicted octanol–water partition coefficient (Wildman–Crippen LogP) is 0.973. The largest absolute Gasteiger partial charge is 0.507 e. The van der Waals surface area contributed by atoms with E-state index >= 15 is 0 Å². The van der Waals surface area contributed by atoms with Gasteiger partial charge < -0.3 is 10.2 Å². The van der Waals surface area contributed by atoms with E-state index in [1.807, 2.05) is 0 Å². The lowest BCUT2D eigenvalue weighted by atomic mass is 10.2. The third kappa shape index (κ3) is 2.93. The highest BCUT2D eigenvalue weighted by Crippen LogP contribution is 2.20. The van der Waals surface area contributed by atoms with Gasteiger partial charge in [0.2, 0.25) is 0 Å². The third-order valence-electron chi connectivity index (χ3n) is 1.50. The van der Waals surface area contributed by atoms with Crippen molar-refractivity contribution in [3.63, 3.8) is 0 Å². The summed E-state index contributed by atoms with van der Waals surface area (Å²) in [6.45, 7) is 0. The molecule has 1 aromatic rings. The molecule has 7 heteroatoms. The monoisotopic (exact) mass is 234 g/mol. The van der Waals surface area contributed by atoms with Crippen LogP contribution in [0.15, 0.2) is 23.1 Å². The smallest absolute Gasteiger partial charge is 0.339 e. The number of hydrogen-bond acceptors (Lipinski definition) is 4. The van der Waals surface area contributed by atoms with Crippen LogP contribution in [0.5, 0.6) is 5.75 Å². The van der Waals surface area contributed by atoms with Crippen molar-refractivity contribution in [2.75, 3.05) is 0 Å². The highest BCUT2D eigenvalue weighted by molar-refractivity contribution is 7.85. The van der Waals surface area contributed by atoms with E-state index in [2.05, 4.69) is 0 Å². The van der Waals surface area contributed by atoms with Crippen molar-refractivity contribution in [3.05, 3.63) is 23.8 Å². The van der Waals surface area contributed by atoms with Crippen LogP contribution in [-0.2, 0) is 10.1 Å². The number of rotatable bonds is 2. The van der Waals surface area contributed by atoms with Gasteiger partial charge in [-0.05, 0) is 18.2 Å². The van der Waals surface area contributed by atoms with E-state index in [4.69, 9.17) is 14.8 Å². The van der Waals surface area contributed by atoms with Crippen LogP contribution in [0.4, 0.5) is 0 Å². The maximum Gasteiger partial charge on any atom is 0.339 e. The molecule has 0 unspecified atom stereocenters. The van der Waals surface area contributed by atoms with Gasteiger partial charge in [-0.2, -0.15) is 8.42 Å². The van der Waals surface area contributed by atoms with Crippen molar-refractivity contribution in [2.45, 2.75) is 12.3 Å². The zero-order chi connectivity index (χ0) is 10.9. The molecular weight excluding hydrogens is 224 g/mol. The molecule has 0 amide bonds. The van der Waals surface area contributed by atoms with Gasteiger partial charge in [0.05, 0.1) is 4.90 Å². The summed E-state index contributed by atoms with van der Waals surface area (Å²) in [5.74, 6) is -2.04. The number of hydrogen-bond donors (Lipinski definition) is 3. The minimum atomic E-state index is -4.45. The Kier molecular flexibility index (Phi) is 3.83. The van der Waals surface area contributed by atoms with E-state index in [1.165, 1.54) is 0 Å². The molecule has 0 fully saturated rings. The quantitative estimate of drug-likeness (QED) is 0.657. The summed E-state index contributed by atoms with van der Waals surface area (Å²) in [6, 6.07) is 2.46. The Morgan fingerprint density at radius 2 is 1.80 bits per heavy atom. The van der Waals surface area contributed by atoms with Gasteiger partial charge in [0.1, 0.15) is 11.3 Å². The summed E-state index contributed by atoms with van der Waals surface area (Å²) >= 11 is 0. The lowest BCUT2D eigenvalue weighted by Crippen LogP contribution is -2.02. The van der Waals surface area contributed by atoms with Gasteiger partial charge in [0.15, 0.2) is 0 Å². The van der Waals surface area contributed by atoms with Crippen LogP contribution in [-0.4, -0.2) is 29.2 Å². The number of benzene rings is 1. The number of carboxylic acids is 1. The van der Waals surface area contributed by atoms with E-state index in [0.717, 1.165) is 12.1 Å². The molecule has 0 aliphatic carbocycles. The van der Waals surface area contributed by atoms with Crippen LogP contribution in [0.1, 0.15) is 17.8 Å². The second-order valence-corrected chi connectivity index (χ2v) is 3.88. The maximum atomic E-state index is 10.6. The highest BCUT2D eigenvalue weighted by Gasteiger charge is 2.15. The van der Waals surface area contributed by atoms with Crippen molar-refractivity contribution in [1.82, 2.24) is 0 Å². The number of carboxylic acid groups (broad SMARTS) is 1. The molecule has 1 rings (SSSR count). The Morgan fingerprint density at radius 1 is 1.27 bits per heavy atom. The van der Waals surface area contributed by atoms with Crippen LogP contribution in [0.2, 0.25) is 0 Å². The van der Waals surface area contributed by atoms with Gasteiger partial charge in [0, 0.05) is 0 Å². The first kappa shape index (κ1) is 13.4. The van der Waals surface area contributed by atoms with Gasteiger partial charge in [-0.25, -0.2) is 4.79 Å². The molecule has 0 aliphatic heterocycles. The standard InChI is InChI=1S/C7H6O6S.CH4/c8-6-2-1-4(14(11,12)13)3-5(6)7(9)10;/h1-3,8H,(H,9,10)(H,11,12,13);1H4. The zero-order valence-electron chi connectivity index (χ0n) is 6.71. The fraction of sp³-hybridized carbons (Fsp3) is 0.125. The van der Waals surface area contributed by atoms with Crippen molar-refractivity contribution in [3.8, 4) is 5.75 Å². The molecule has 0 saturated heterocycles. The number of aromatic carboxylic acids is 1. The van der Waals surface area contributed by atoms with Crippen molar-refractivity contribution in [1.29, 1.82) is 0 Å². The zero-order valence-corrected chi connectivity index (χ0v) is 7.52. The second kappa shape index (κ2) is 4.28.